The molecular formula is C16H16O6. The molecule has 0 saturated heterocycles. The van der Waals surface area contributed by atoms with Crippen LogP contribution in [0.15, 0.2) is 36.4 Å². The minimum Gasteiger partial charge on any atom is -0.482 e. The van der Waals surface area contributed by atoms with Crippen molar-refractivity contribution in [3.05, 3.63) is 36.4 Å². The van der Waals surface area contributed by atoms with Crippen LogP contribution in [0.5, 0.6) is 11.5 Å². The number of hydrogen-bond acceptors (Lipinski definition) is 6. The first-order chi connectivity index (χ1) is 10.6. The van der Waals surface area contributed by atoms with Crippen molar-refractivity contribution in [1.29, 1.82) is 0 Å². The zero-order valence-electron chi connectivity index (χ0n) is 12.3. The minimum atomic E-state index is -0.463. The molecule has 2 aromatic rings. The average molecular weight is 304 g/mol. The third-order valence-electron chi connectivity index (χ3n) is 2.97. The first kappa shape index (κ1) is 15.6. The normalized spacial score (nSPS) is 10.1. The van der Waals surface area contributed by atoms with Crippen LogP contribution in [0.25, 0.3) is 10.8 Å². The molecule has 0 aliphatic heterocycles. The fourth-order valence-corrected chi connectivity index (χ4v) is 1.84. The van der Waals surface area contributed by atoms with Crippen LogP contribution in [0.4, 0.5) is 0 Å². The molecule has 22 heavy (non-hydrogen) atoms. The van der Waals surface area contributed by atoms with Gasteiger partial charge in [0.15, 0.2) is 13.2 Å². The van der Waals surface area contributed by atoms with Crippen LogP contribution in [0.1, 0.15) is 0 Å². The average Bonchev–Trinajstić information content (AvgIpc) is 2.57. The standard InChI is InChI=1S/C16H16O6/c1-19-15(17)9-21-12-7-6-11-4-3-5-14(13(11)8-12)22-10-16(18)20-2/h3-8H,9-10H2,1-2H3. The number of esters is 2. The van der Waals surface area contributed by atoms with Gasteiger partial charge in [-0.3, -0.25) is 0 Å². The molecule has 0 fully saturated rings. The Morgan fingerprint density at radius 1 is 0.909 bits per heavy atom. The Kier molecular flexibility index (Phi) is 5.19. The van der Waals surface area contributed by atoms with Gasteiger partial charge in [-0.1, -0.05) is 18.2 Å². The Labute approximate surface area is 127 Å². The highest BCUT2D eigenvalue weighted by Crippen LogP contribution is 2.29. The van der Waals surface area contributed by atoms with Gasteiger partial charge in [0.25, 0.3) is 0 Å². The molecule has 2 rings (SSSR count). The molecule has 0 spiro atoms. The number of ether oxygens (including phenoxy) is 4. The maximum atomic E-state index is 11.2. The van der Waals surface area contributed by atoms with Gasteiger partial charge in [-0.05, 0) is 23.6 Å². The maximum absolute atomic E-state index is 11.2. The van der Waals surface area contributed by atoms with Crippen LogP contribution in [0, 0.1) is 0 Å². The van der Waals surface area contributed by atoms with E-state index in [1.165, 1.54) is 14.2 Å². The van der Waals surface area contributed by atoms with Crippen molar-refractivity contribution in [2.24, 2.45) is 0 Å². The summed E-state index contributed by atoms with van der Waals surface area (Å²) in [5, 5.41) is 1.70. The Bertz CT molecular complexity index is 679. The van der Waals surface area contributed by atoms with E-state index in [1.807, 2.05) is 18.2 Å². The van der Waals surface area contributed by atoms with Gasteiger partial charge < -0.3 is 18.9 Å². The molecule has 0 heterocycles. The lowest BCUT2D eigenvalue weighted by atomic mass is 10.1. The van der Waals surface area contributed by atoms with Crippen molar-refractivity contribution < 1.29 is 28.5 Å². The topological polar surface area (TPSA) is 71.1 Å². The first-order valence-electron chi connectivity index (χ1n) is 6.56. The van der Waals surface area contributed by atoms with E-state index in [1.54, 1.807) is 18.2 Å². The Morgan fingerprint density at radius 2 is 1.59 bits per heavy atom. The number of carbonyl (C=O) groups is 2. The third-order valence-corrected chi connectivity index (χ3v) is 2.97. The second-order valence-corrected chi connectivity index (χ2v) is 4.37. The lowest BCUT2D eigenvalue weighted by Gasteiger charge is -2.10. The van der Waals surface area contributed by atoms with E-state index in [0.29, 0.717) is 11.5 Å². The molecule has 0 saturated carbocycles. The lowest BCUT2D eigenvalue weighted by Crippen LogP contribution is -2.13. The highest BCUT2D eigenvalue weighted by molar-refractivity contribution is 5.89. The van der Waals surface area contributed by atoms with Crippen molar-refractivity contribution in [2.45, 2.75) is 0 Å². The largest absolute Gasteiger partial charge is 0.482 e. The highest BCUT2D eigenvalue weighted by Gasteiger charge is 2.08. The zero-order chi connectivity index (χ0) is 15.9. The molecule has 2 aromatic carbocycles. The number of fused-ring (bicyclic) bond motifs is 1. The van der Waals surface area contributed by atoms with E-state index < -0.39 is 11.9 Å². The molecular weight excluding hydrogens is 288 g/mol. The number of methoxy groups -OCH3 is 2. The number of carbonyl (C=O) groups excluding carboxylic acids is 2. The fraction of sp³-hybridized carbons (Fsp3) is 0.250. The van der Waals surface area contributed by atoms with Crippen molar-refractivity contribution in [3.8, 4) is 11.5 Å². The third kappa shape index (κ3) is 3.88. The smallest absolute Gasteiger partial charge is 0.343 e. The second-order valence-electron chi connectivity index (χ2n) is 4.37. The molecule has 0 bridgehead atoms. The predicted octanol–water partition coefficient (Wildman–Crippen LogP) is 1.94. The van der Waals surface area contributed by atoms with E-state index >= 15 is 0 Å². The molecule has 6 nitrogen and oxygen atoms in total. The molecule has 0 radical (unpaired) electrons. The van der Waals surface area contributed by atoms with Crippen LogP contribution < -0.4 is 9.47 Å². The van der Waals surface area contributed by atoms with E-state index in [-0.39, 0.29) is 13.2 Å². The van der Waals surface area contributed by atoms with Gasteiger partial charge in [0.2, 0.25) is 0 Å². The molecule has 0 amide bonds. The summed E-state index contributed by atoms with van der Waals surface area (Å²) < 4.78 is 19.9. The van der Waals surface area contributed by atoms with Crippen LogP contribution in [-0.4, -0.2) is 39.4 Å². The molecule has 0 aliphatic rings. The molecule has 0 unspecified atom stereocenters. The molecule has 6 heteroatoms. The van der Waals surface area contributed by atoms with Crippen LogP contribution >= 0.6 is 0 Å². The van der Waals surface area contributed by atoms with Crippen molar-refractivity contribution in [2.75, 3.05) is 27.4 Å². The maximum Gasteiger partial charge on any atom is 0.343 e. The Balaban J connectivity index is 2.21. The van der Waals surface area contributed by atoms with E-state index in [4.69, 9.17) is 9.47 Å². The molecule has 0 aliphatic carbocycles. The van der Waals surface area contributed by atoms with Crippen LogP contribution in [0.3, 0.4) is 0 Å². The summed E-state index contributed by atoms with van der Waals surface area (Å²) in [6, 6.07) is 10.8. The van der Waals surface area contributed by atoms with Gasteiger partial charge in [0, 0.05) is 5.39 Å². The van der Waals surface area contributed by atoms with Gasteiger partial charge in [-0.2, -0.15) is 0 Å². The van der Waals surface area contributed by atoms with Crippen LogP contribution in [0.2, 0.25) is 0 Å². The number of benzene rings is 2. The zero-order valence-corrected chi connectivity index (χ0v) is 12.3. The number of hydrogen-bond donors (Lipinski definition) is 0. The summed E-state index contributed by atoms with van der Waals surface area (Å²) in [6.07, 6.45) is 0. The molecule has 0 aromatic heterocycles. The first-order valence-corrected chi connectivity index (χ1v) is 6.56. The van der Waals surface area contributed by atoms with Crippen molar-refractivity contribution in [1.82, 2.24) is 0 Å². The predicted molar refractivity (Wildman–Crippen MR) is 79.0 cm³/mol. The fourth-order valence-electron chi connectivity index (χ4n) is 1.84. The quantitative estimate of drug-likeness (QED) is 0.760. The summed E-state index contributed by atoms with van der Waals surface area (Å²) in [7, 11) is 2.60. The Hall–Kier alpha value is -2.76. The summed E-state index contributed by atoms with van der Waals surface area (Å²) in [4.78, 5) is 22.3. The summed E-state index contributed by atoms with van der Waals surface area (Å²) >= 11 is 0. The van der Waals surface area contributed by atoms with E-state index in [9.17, 15) is 9.59 Å². The van der Waals surface area contributed by atoms with Gasteiger partial charge in [-0.25, -0.2) is 9.59 Å². The minimum absolute atomic E-state index is 0.173. The van der Waals surface area contributed by atoms with Gasteiger partial charge in [-0.15, -0.1) is 0 Å². The monoisotopic (exact) mass is 304 g/mol. The van der Waals surface area contributed by atoms with E-state index in [0.717, 1.165) is 10.8 Å². The Morgan fingerprint density at radius 3 is 2.27 bits per heavy atom. The SMILES string of the molecule is COC(=O)COc1ccc2cccc(OCC(=O)OC)c2c1. The van der Waals surface area contributed by atoms with Crippen LogP contribution in [-0.2, 0) is 19.1 Å². The van der Waals surface area contributed by atoms with Crippen molar-refractivity contribution >= 4 is 22.7 Å². The van der Waals surface area contributed by atoms with Gasteiger partial charge in [0.05, 0.1) is 14.2 Å². The second kappa shape index (κ2) is 7.31. The van der Waals surface area contributed by atoms with Gasteiger partial charge >= 0.3 is 11.9 Å². The molecule has 0 N–H and O–H groups in total. The van der Waals surface area contributed by atoms with Crippen molar-refractivity contribution in [3.63, 3.8) is 0 Å². The highest BCUT2D eigenvalue weighted by atomic mass is 16.6. The summed E-state index contributed by atoms with van der Waals surface area (Å²) in [5.74, 6) is 0.115. The summed E-state index contributed by atoms with van der Waals surface area (Å²) in [5.41, 5.74) is 0. The molecule has 116 valence electrons. The lowest BCUT2D eigenvalue weighted by molar-refractivity contribution is -0.143. The van der Waals surface area contributed by atoms with Gasteiger partial charge in [0.1, 0.15) is 11.5 Å². The summed E-state index contributed by atoms with van der Waals surface area (Å²) in [6.45, 7) is -0.351. The molecule has 0 atom stereocenters. The number of rotatable bonds is 6. The van der Waals surface area contributed by atoms with E-state index in [2.05, 4.69) is 9.47 Å².